The Labute approximate surface area is 163 Å². The summed E-state index contributed by atoms with van der Waals surface area (Å²) in [6, 6.07) is 15.1. The molecule has 1 atom stereocenters. The maximum absolute atomic E-state index is 12.3. The van der Waals surface area contributed by atoms with Gasteiger partial charge in [-0.3, -0.25) is 14.4 Å². The van der Waals surface area contributed by atoms with Crippen molar-refractivity contribution in [2.75, 3.05) is 13.1 Å². The molecule has 0 bridgehead atoms. The molecule has 0 saturated carbocycles. The number of aliphatic hydroxyl groups excluding tert-OH is 1. The molecule has 1 aromatic carbocycles. The van der Waals surface area contributed by atoms with Crippen molar-refractivity contribution in [3.05, 3.63) is 77.5 Å². The Kier molecular flexibility index (Phi) is 5.55. The van der Waals surface area contributed by atoms with E-state index < -0.39 is 6.10 Å². The molecule has 2 N–H and O–H groups in total. The molecule has 7 nitrogen and oxygen atoms in total. The van der Waals surface area contributed by atoms with Gasteiger partial charge < -0.3 is 14.8 Å². The minimum absolute atomic E-state index is 0.0334. The van der Waals surface area contributed by atoms with Crippen LogP contribution in [0.2, 0.25) is 0 Å². The number of aliphatic hydroxyl groups is 1. The Bertz CT molecular complexity index is 905. The van der Waals surface area contributed by atoms with Crippen LogP contribution in [0.3, 0.4) is 0 Å². The molecule has 1 aliphatic rings. The third-order valence-corrected chi connectivity index (χ3v) is 4.91. The van der Waals surface area contributed by atoms with Gasteiger partial charge in [0.2, 0.25) is 5.91 Å². The van der Waals surface area contributed by atoms with Gasteiger partial charge >= 0.3 is 0 Å². The van der Waals surface area contributed by atoms with E-state index in [-0.39, 0.29) is 5.91 Å². The summed E-state index contributed by atoms with van der Waals surface area (Å²) in [5.74, 6) is 0.704. The van der Waals surface area contributed by atoms with E-state index in [1.54, 1.807) is 12.3 Å². The van der Waals surface area contributed by atoms with Crippen molar-refractivity contribution in [2.24, 2.45) is 0 Å². The molecular formula is C21H24N4O3. The molecule has 0 fully saturated rings. The molecule has 3 heterocycles. The number of carbonyl (C=O) groups excluding carboxylic acids is 1. The van der Waals surface area contributed by atoms with E-state index in [0.29, 0.717) is 25.3 Å². The molecule has 0 saturated heterocycles. The van der Waals surface area contributed by atoms with E-state index in [0.717, 1.165) is 36.5 Å². The number of hydrogen-bond acceptors (Lipinski definition) is 5. The van der Waals surface area contributed by atoms with Gasteiger partial charge in [0.1, 0.15) is 11.9 Å². The van der Waals surface area contributed by atoms with E-state index >= 15 is 0 Å². The van der Waals surface area contributed by atoms with E-state index in [9.17, 15) is 9.90 Å². The van der Waals surface area contributed by atoms with Gasteiger partial charge in [-0.25, -0.2) is 0 Å². The van der Waals surface area contributed by atoms with Gasteiger partial charge in [-0.1, -0.05) is 30.3 Å². The maximum atomic E-state index is 12.3. The molecule has 2 aromatic heterocycles. The SMILES string of the molecule is O=C(CN1CCCn2nc(C(O)c3ccccc3)cc2C1)NCc1ccco1. The molecule has 7 heteroatoms. The van der Waals surface area contributed by atoms with Crippen LogP contribution >= 0.6 is 0 Å². The molecule has 28 heavy (non-hydrogen) atoms. The average molecular weight is 380 g/mol. The molecule has 1 unspecified atom stereocenters. The first kappa shape index (κ1) is 18.5. The largest absolute Gasteiger partial charge is 0.467 e. The number of benzene rings is 1. The number of amides is 1. The van der Waals surface area contributed by atoms with Crippen LogP contribution in [0.1, 0.15) is 35.2 Å². The minimum atomic E-state index is -0.745. The van der Waals surface area contributed by atoms with Crippen molar-refractivity contribution >= 4 is 5.91 Å². The third kappa shape index (κ3) is 4.32. The van der Waals surface area contributed by atoms with Crippen LogP contribution in [0, 0.1) is 0 Å². The average Bonchev–Trinajstić information content (AvgIpc) is 3.33. The zero-order valence-electron chi connectivity index (χ0n) is 15.6. The van der Waals surface area contributed by atoms with Gasteiger partial charge in [0, 0.05) is 19.6 Å². The van der Waals surface area contributed by atoms with Crippen LogP contribution in [-0.4, -0.2) is 38.8 Å². The van der Waals surface area contributed by atoms with Gasteiger partial charge in [-0.15, -0.1) is 0 Å². The molecule has 146 valence electrons. The molecule has 3 aromatic rings. The van der Waals surface area contributed by atoms with Gasteiger partial charge in [-0.05, 0) is 30.2 Å². The summed E-state index contributed by atoms with van der Waals surface area (Å²) in [4.78, 5) is 14.4. The van der Waals surface area contributed by atoms with E-state index in [1.807, 2.05) is 47.1 Å². The summed E-state index contributed by atoms with van der Waals surface area (Å²) in [5, 5.41) is 18.1. The lowest BCUT2D eigenvalue weighted by Crippen LogP contribution is -2.36. The lowest BCUT2D eigenvalue weighted by atomic mass is 10.1. The van der Waals surface area contributed by atoms with Gasteiger partial charge in [0.05, 0.1) is 30.7 Å². The van der Waals surface area contributed by atoms with Crippen molar-refractivity contribution < 1.29 is 14.3 Å². The number of furan rings is 1. The second-order valence-electron chi connectivity index (χ2n) is 7.02. The van der Waals surface area contributed by atoms with Crippen molar-refractivity contribution in [1.82, 2.24) is 20.0 Å². The van der Waals surface area contributed by atoms with Gasteiger partial charge in [-0.2, -0.15) is 5.10 Å². The first-order chi connectivity index (χ1) is 13.7. The van der Waals surface area contributed by atoms with Crippen LogP contribution < -0.4 is 5.32 Å². The highest BCUT2D eigenvalue weighted by Crippen LogP contribution is 2.23. The molecule has 4 rings (SSSR count). The molecule has 0 radical (unpaired) electrons. The number of nitrogens with zero attached hydrogens (tertiary/aromatic N) is 3. The minimum Gasteiger partial charge on any atom is -0.467 e. The number of aromatic nitrogens is 2. The Balaban J connectivity index is 1.39. The molecule has 0 aliphatic carbocycles. The standard InChI is InChI=1S/C21H24N4O3/c26-20(22-13-18-8-4-11-28-18)15-24-9-5-10-25-17(14-24)12-19(23-25)21(27)16-6-2-1-3-7-16/h1-4,6-8,11-12,21,27H,5,9-10,13-15H2,(H,22,26). The van der Waals surface area contributed by atoms with Crippen molar-refractivity contribution in [1.29, 1.82) is 0 Å². The summed E-state index contributed by atoms with van der Waals surface area (Å²) in [6.07, 6.45) is 1.76. The van der Waals surface area contributed by atoms with Crippen molar-refractivity contribution in [2.45, 2.75) is 32.2 Å². The predicted octanol–water partition coefficient (Wildman–Crippen LogP) is 2.08. The van der Waals surface area contributed by atoms with Crippen LogP contribution in [0.4, 0.5) is 0 Å². The second-order valence-corrected chi connectivity index (χ2v) is 7.02. The molecule has 1 aliphatic heterocycles. The second kappa shape index (κ2) is 8.41. The fourth-order valence-corrected chi connectivity index (χ4v) is 3.48. The van der Waals surface area contributed by atoms with Crippen molar-refractivity contribution in [3.8, 4) is 0 Å². The van der Waals surface area contributed by atoms with Gasteiger partial charge in [0.15, 0.2) is 0 Å². The van der Waals surface area contributed by atoms with Crippen LogP contribution in [0.15, 0.2) is 59.2 Å². The fraction of sp³-hybridized carbons (Fsp3) is 0.333. The number of aryl methyl sites for hydroxylation is 1. The van der Waals surface area contributed by atoms with E-state index in [2.05, 4.69) is 15.3 Å². The number of fused-ring (bicyclic) bond motifs is 1. The summed E-state index contributed by atoms with van der Waals surface area (Å²) in [6.45, 7) is 2.95. The summed E-state index contributed by atoms with van der Waals surface area (Å²) in [5.41, 5.74) is 2.48. The number of hydrogen-bond donors (Lipinski definition) is 2. The first-order valence-corrected chi connectivity index (χ1v) is 9.50. The quantitative estimate of drug-likeness (QED) is 0.684. The normalized spacial score (nSPS) is 15.6. The lowest BCUT2D eigenvalue weighted by molar-refractivity contribution is -0.122. The highest BCUT2D eigenvalue weighted by atomic mass is 16.3. The van der Waals surface area contributed by atoms with Crippen LogP contribution in [-0.2, 0) is 24.4 Å². The monoisotopic (exact) mass is 380 g/mol. The third-order valence-electron chi connectivity index (χ3n) is 4.91. The molecule has 0 spiro atoms. The smallest absolute Gasteiger partial charge is 0.234 e. The summed E-state index contributed by atoms with van der Waals surface area (Å²) < 4.78 is 7.19. The van der Waals surface area contributed by atoms with Crippen molar-refractivity contribution in [3.63, 3.8) is 0 Å². The zero-order chi connectivity index (χ0) is 19.3. The number of carbonyl (C=O) groups is 1. The van der Waals surface area contributed by atoms with Crippen LogP contribution in [0.5, 0.6) is 0 Å². The predicted molar refractivity (Wildman–Crippen MR) is 103 cm³/mol. The van der Waals surface area contributed by atoms with Gasteiger partial charge in [0.25, 0.3) is 0 Å². The zero-order valence-corrected chi connectivity index (χ0v) is 15.6. The summed E-state index contributed by atoms with van der Waals surface area (Å²) in [7, 11) is 0. The number of nitrogens with one attached hydrogen (secondary N) is 1. The maximum Gasteiger partial charge on any atom is 0.234 e. The highest BCUT2D eigenvalue weighted by Gasteiger charge is 2.21. The molecular weight excluding hydrogens is 356 g/mol. The number of rotatable bonds is 6. The molecule has 1 amide bonds. The first-order valence-electron chi connectivity index (χ1n) is 9.50. The fourth-order valence-electron chi connectivity index (χ4n) is 3.48. The Morgan fingerprint density at radius 3 is 2.86 bits per heavy atom. The highest BCUT2D eigenvalue weighted by molar-refractivity contribution is 5.77. The summed E-state index contributed by atoms with van der Waals surface area (Å²) >= 11 is 0. The van der Waals surface area contributed by atoms with E-state index in [1.165, 1.54) is 0 Å². The Morgan fingerprint density at radius 1 is 1.21 bits per heavy atom. The van der Waals surface area contributed by atoms with E-state index in [4.69, 9.17) is 4.42 Å². The Morgan fingerprint density at radius 2 is 2.07 bits per heavy atom. The lowest BCUT2D eigenvalue weighted by Gasteiger charge is -2.18. The Hall–Kier alpha value is -2.90. The topological polar surface area (TPSA) is 83.5 Å². The van der Waals surface area contributed by atoms with Crippen LogP contribution in [0.25, 0.3) is 0 Å².